The van der Waals surface area contributed by atoms with E-state index in [2.05, 4.69) is 6.07 Å². The first-order valence-corrected chi connectivity index (χ1v) is 5.96. The highest BCUT2D eigenvalue weighted by Crippen LogP contribution is 2.16. The first kappa shape index (κ1) is 12.4. The quantitative estimate of drug-likeness (QED) is 0.606. The molecule has 0 radical (unpaired) electrons. The van der Waals surface area contributed by atoms with Crippen molar-refractivity contribution < 1.29 is 9.53 Å². The van der Waals surface area contributed by atoms with Gasteiger partial charge in [-0.2, -0.15) is 0 Å². The van der Waals surface area contributed by atoms with E-state index in [9.17, 15) is 4.79 Å². The number of hydrogen-bond acceptors (Lipinski definition) is 2. The summed E-state index contributed by atoms with van der Waals surface area (Å²) in [6.07, 6.45) is 0.299. The van der Waals surface area contributed by atoms with Crippen molar-refractivity contribution in [3.8, 4) is 5.75 Å². The summed E-state index contributed by atoms with van der Waals surface area (Å²) < 4.78 is 5.34. The predicted octanol–water partition coefficient (Wildman–Crippen LogP) is 3.45. The van der Waals surface area contributed by atoms with Crippen molar-refractivity contribution in [1.29, 1.82) is 0 Å². The maximum absolute atomic E-state index is 11.8. The highest BCUT2D eigenvalue weighted by molar-refractivity contribution is 5.75. The van der Waals surface area contributed by atoms with Crippen molar-refractivity contribution >= 4 is 5.97 Å². The van der Waals surface area contributed by atoms with E-state index in [1.54, 1.807) is 0 Å². The minimum Gasteiger partial charge on any atom is -0.426 e. The second-order valence-corrected chi connectivity index (χ2v) is 4.46. The van der Waals surface area contributed by atoms with Crippen molar-refractivity contribution in [1.82, 2.24) is 0 Å². The minimum atomic E-state index is -0.230. The highest BCUT2D eigenvalue weighted by atomic mass is 16.5. The standard InChI is InChI=1S/C16H16O2/c1-12-8-13(2)10-15(9-12)18-16(17)11-14-6-4-3-5-7-14/h3-10H,11H2,1-2H3. The first-order chi connectivity index (χ1) is 8.63. The second-order valence-electron chi connectivity index (χ2n) is 4.46. The zero-order valence-corrected chi connectivity index (χ0v) is 10.6. The maximum Gasteiger partial charge on any atom is 0.315 e. The molecule has 2 rings (SSSR count). The molecular formula is C16H16O2. The lowest BCUT2D eigenvalue weighted by molar-refractivity contribution is -0.133. The smallest absolute Gasteiger partial charge is 0.315 e. The summed E-state index contributed by atoms with van der Waals surface area (Å²) in [7, 11) is 0. The van der Waals surface area contributed by atoms with Crippen LogP contribution < -0.4 is 4.74 Å². The molecule has 0 aliphatic heterocycles. The molecule has 0 aliphatic rings. The van der Waals surface area contributed by atoms with Gasteiger partial charge in [0.1, 0.15) is 5.75 Å². The van der Waals surface area contributed by atoms with E-state index in [4.69, 9.17) is 4.74 Å². The van der Waals surface area contributed by atoms with Gasteiger partial charge in [0.05, 0.1) is 6.42 Å². The van der Waals surface area contributed by atoms with Crippen LogP contribution in [0.5, 0.6) is 5.75 Å². The molecule has 0 spiro atoms. The molecule has 0 bridgehead atoms. The lowest BCUT2D eigenvalue weighted by atomic mass is 10.1. The Kier molecular flexibility index (Phi) is 3.78. The van der Waals surface area contributed by atoms with Gasteiger partial charge in [-0.1, -0.05) is 36.4 Å². The van der Waals surface area contributed by atoms with Gasteiger partial charge < -0.3 is 4.74 Å². The summed E-state index contributed by atoms with van der Waals surface area (Å²) >= 11 is 0. The van der Waals surface area contributed by atoms with Gasteiger partial charge in [-0.05, 0) is 42.7 Å². The lowest BCUT2D eigenvalue weighted by Crippen LogP contribution is -2.11. The van der Waals surface area contributed by atoms with Gasteiger partial charge in [-0.3, -0.25) is 4.79 Å². The van der Waals surface area contributed by atoms with Gasteiger partial charge in [0, 0.05) is 0 Å². The van der Waals surface area contributed by atoms with E-state index in [1.165, 1.54) is 0 Å². The van der Waals surface area contributed by atoms with Crippen LogP contribution in [-0.4, -0.2) is 5.97 Å². The van der Waals surface area contributed by atoms with Crippen molar-refractivity contribution in [2.75, 3.05) is 0 Å². The summed E-state index contributed by atoms with van der Waals surface area (Å²) in [4.78, 5) is 11.8. The molecule has 0 saturated heterocycles. The van der Waals surface area contributed by atoms with Crippen LogP contribution in [0.4, 0.5) is 0 Å². The van der Waals surface area contributed by atoms with Gasteiger partial charge in [0.2, 0.25) is 0 Å². The fourth-order valence-electron chi connectivity index (χ4n) is 1.92. The van der Waals surface area contributed by atoms with Crippen LogP contribution in [0.3, 0.4) is 0 Å². The van der Waals surface area contributed by atoms with Crippen LogP contribution in [0.15, 0.2) is 48.5 Å². The molecule has 0 saturated carbocycles. The first-order valence-electron chi connectivity index (χ1n) is 5.96. The SMILES string of the molecule is Cc1cc(C)cc(OC(=O)Cc2ccccc2)c1. The molecule has 2 heteroatoms. The Bertz CT molecular complexity index is 524. The van der Waals surface area contributed by atoms with E-state index >= 15 is 0 Å². The van der Waals surface area contributed by atoms with Crippen molar-refractivity contribution in [3.05, 3.63) is 65.2 Å². The molecule has 18 heavy (non-hydrogen) atoms. The Hall–Kier alpha value is -2.09. The van der Waals surface area contributed by atoms with Gasteiger partial charge in [0.15, 0.2) is 0 Å². The van der Waals surface area contributed by atoms with E-state index in [0.717, 1.165) is 16.7 Å². The van der Waals surface area contributed by atoms with Crippen molar-refractivity contribution in [2.24, 2.45) is 0 Å². The molecule has 2 nitrogen and oxygen atoms in total. The van der Waals surface area contributed by atoms with E-state index in [-0.39, 0.29) is 5.97 Å². The van der Waals surface area contributed by atoms with Crippen LogP contribution in [0.1, 0.15) is 16.7 Å². The summed E-state index contributed by atoms with van der Waals surface area (Å²) in [5, 5.41) is 0. The third kappa shape index (κ3) is 3.45. The Morgan fingerprint density at radius 1 is 1.00 bits per heavy atom. The Morgan fingerprint density at radius 2 is 1.61 bits per heavy atom. The monoisotopic (exact) mass is 240 g/mol. The molecule has 0 heterocycles. The summed E-state index contributed by atoms with van der Waals surface area (Å²) in [5.41, 5.74) is 3.15. The summed E-state index contributed by atoms with van der Waals surface area (Å²) in [5.74, 6) is 0.389. The zero-order valence-electron chi connectivity index (χ0n) is 10.6. The average Bonchev–Trinajstić information content (AvgIpc) is 2.28. The number of rotatable bonds is 3. The number of carbonyl (C=O) groups excluding carboxylic acids is 1. The molecule has 92 valence electrons. The molecule has 0 amide bonds. The normalized spacial score (nSPS) is 10.1. The molecule has 0 aliphatic carbocycles. The molecule has 2 aromatic carbocycles. The topological polar surface area (TPSA) is 26.3 Å². The molecule has 0 fully saturated rings. The van der Waals surface area contributed by atoms with Crippen molar-refractivity contribution in [2.45, 2.75) is 20.3 Å². The van der Waals surface area contributed by atoms with Gasteiger partial charge >= 0.3 is 5.97 Å². The van der Waals surface area contributed by atoms with Crippen LogP contribution in [0.2, 0.25) is 0 Å². The van der Waals surface area contributed by atoms with E-state index in [0.29, 0.717) is 12.2 Å². The fraction of sp³-hybridized carbons (Fsp3) is 0.188. The molecular weight excluding hydrogens is 224 g/mol. The molecule has 0 aromatic heterocycles. The van der Waals surface area contributed by atoms with Crippen LogP contribution in [-0.2, 0) is 11.2 Å². The molecule has 2 aromatic rings. The largest absolute Gasteiger partial charge is 0.426 e. The number of benzene rings is 2. The Balaban J connectivity index is 2.03. The van der Waals surface area contributed by atoms with Gasteiger partial charge in [0.25, 0.3) is 0 Å². The minimum absolute atomic E-state index is 0.230. The lowest BCUT2D eigenvalue weighted by Gasteiger charge is -2.06. The Labute approximate surface area is 107 Å². The van der Waals surface area contributed by atoms with Gasteiger partial charge in [-0.15, -0.1) is 0 Å². The number of ether oxygens (including phenoxy) is 1. The number of aryl methyl sites for hydroxylation is 2. The number of esters is 1. The molecule has 0 atom stereocenters. The Morgan fingerprint density at radius 3 is 2.22 bits per heavy atom. The van der Waals surface area contributed by atoms with E-state index in [1.807, 2.05) is 56.3 Å². The predicted molar refractivity (Wildman–Crippen MR) is 71.7 cm³/mol. The maximum atomic E-state index is 11.8. The average molecular weight is 240 g/mol. The number of hydrogen-bond donors (Lipinski definition) is 0. The summed E-state index contributed by atoms with van der Waals surface area (Å²) in [6, 6.07) is 15.4. The fourth-order valence-corrected chi connectivity index (χ4v) is 1.92. The van der Waals surface area contributed by atoms with Crippen LogP contribution in [0, 0.1) is 13.8 Å². The third-order valence-corrected chi connectivity index (χ3v) is 2.62. The number of carbonyl (C=O) groups is 1. The molecule has 0 unspecified atom stereocenters. The van der Waals surface area contributed by atoms with Gasteiger partial charge in [-0.25, -0.2) is 0 Å². The second kappa shape index (κ2) is 5.50. The van der Waals surface area contributed by atoms with E-state index < -0.39 is 0 Å². The zero-order chi connectivity index (χ0) is 13.0. The van der Waals surface area contributed by atoms with Crippen LogP contribution in [0.25, 0.3) is 0 Å². The molecule has 0 N–H and O–H groups in total. The van der Waals surface area contributed by atoms with Crippen molar-refractivity contribution in [3.63, 3.8) is 0 Å². The summed E-state index contributed by atoms with van der Waals surface area (Å²) in [6.45, 7) is 3.98. The third-order valence-electron chi connectivity index (χ3n) is 2.62. The van der Waals surface area contributed by atoms with Crippen LogP contribution >= 0.6 is 0 Å². The highest BCUT2D eigenvalue weighted by Gasteiger charge is 2.06.